The first kappa shape index (κ1) is 15.4. The lowest BCUT2D eigenvalue weighted by atomic mass is 9.99. The molecule has 2 N–H and O–H groups in total. The Hall–Kier alpha value is -1.000. The maximum absolute atomic E-state index is 13.1. The Labute approximate surface area is 131 Å². The Balaban J connectivity index is 2.48. The SMILES string of the molecule is COc1cc(Cl)c(C(N)c2ccc(F)cc2Cl)cc1Cl. The van der Waals surface area contributed by atoms with Gasteiger partial charge < -0.3 is 10.5 Å². The number of methoxy groups -OCH3 is 1. The monoisotopic (exact) mass is 333 g/mol. The molecule has 0 fully saturated rings. The minimum absolute atomic E-state index is 0.237. The van der Waals surface area contributed by atoms with Gasteiger partial charge in [0.1, 0.15) is 11.6 Å². The molecule has 0 radical (unpaired) electrons. The molecule has 0 amide bonds. The number of halogens is 4. The number of ether oxygens (including phenoxy) is 1. The molecular weight excluding hydrogens is 324 g/mol. The second-order valence-electron chi connectivity index (χ2n) is 4.15. The van der Waals surface area contributed by atoms with E-state index in [4.69, 9.17) is 45.3 Å². The van der Waals surface area contributed by atoms with Crippen LogP contribution in [0.5, 0.6) is 5.75 Å². The van der Waals surface area contributed by atoms with Crippen LogP contribution < -0.4 is 10.5 Å². The number of benzene rings is 2. The topological polar surface area (TPSA) is 35.2 Å². The third kappa shape index (κ3) is 3.01. The molecule has 0 aliphatic rings. The maximum Gasteiger partial charge on any atom is 0.138 e. The molecule has 20 heavy (non-hydrogen) atoms. The van der Waals surface area contributed by atoms with Crippen LogP contribution in [0.25, 0.3) is 0 Å². The highest BCUT2D eigenvalue weighted by Crippen LogP contribution is 2.36. The first-order chi connectivity index (χ1) is 9.43. The summed E-state index contributed by atoms with van der Waals surface area (Å²) in [5.41, 5.74) is 7.29. The molecule has 0 aromatic heterocycles. The normalized spacial score (nSPS) is 12.3. The smallest absolute Gasteiger partial charge is 0.138 e. The van der Waals surface area contributed by atoms with Gasteiger partial charge in [0.2, 0.25) is 0 Å². The van der Waals surface area contributed by atoms with Gasteiger partial charge in [0.15, 0.2) is 0 Å². The predicted molar refractivity (Wildman–Crippen MR) is 80.5 cm³/mol. The molecule has 0 saturated carbocycles. The third-order valence-corrected chi connectivity index (χ3v) is 3.85. The summed E-state index contributed by atoms with van der Waals surface area (Å²) in [4.78, 5) is 0. The fraction of sp³-hybridized carbons (Fsp3) is 0.143. The molecule has 1 atom stereocenters. The summed E-state index contributed by atoms with van der Waals surface area (Å²) in [6.07, 6.45) is 0. The molecule has 2 aromatic carbocycles. The van der Waals surface area contributed by atoms with Crippen molar-refractivity contribution in [2.75, 3.05) is 7.11 Å². The summed E-state index contributed by atoms with van der Waals surface area (Å²) >= 11 is 18.2. The van der Waals surface area contributed by atoms with E-state index in [0.717, 1.165) is 0 Å². The lowest BCUT2D eigenvalue weighted by Gasteiger charge is -2.17. The van der Waals surface area contributed by atoms with Gasteiger partial charge in [0, 0.05) is 16.1 Å². The zero-order valence-corrected chi connectivity index (χ0v) is 12.7. The molecule has 2 nitrogen and oxygen atoms in total. The standard InChI is InChI=1S/C14H11Cl3FNO/c1-20-13-6-11(16)9(5-12(13)17)14(19)8-3-2-7(18)4-10(8)15/h2-6,14H,19H2,1H3. The Kier molecular flexibility index (Phi) is 4.76. The van der Waals surface area contributed by atoms with Gasteiger partial charge in [-0.2, -0.15) is 0 Å². The highest BCUT2D eigenvalue weighted by molar-refractivity contribution is 6.35. The van der Waals surface area contributed by atoms with Crippen molar-refractivity contribution in [3.8, 4) is 5.75 Å². The fourth-order valence-electron chi connectivity index (χ4n) is 1.86. The second-order valence-corrected chi connectivity index (χ2v) is 5.37. The van der Waals surface area contributed by atoms with E-state index < -0.39 is 11.9 Å². The highest BCUT2D eigenvalue weighted by atomic mass is 35.5. The van der Waals surface area contributed by atoms with Gasteiger partial charge >= 0.3 is 0 Å². The van der Waals surface area contributed by atoms with E-state index in [1.807, 2.05) is 0 Å². The molecular formula is C14H11Cl3FNO. The van der Waals surface area contributed by atoms with Crippen LogP contribution in [0.4, 0.5) is 4.39 Å². The van der Waals surface area contributed by atoms with E-state index in [2.05, 4.69) is 0 Å². The van der Waals surface area contributed by atoms with Crippen molar-refractivity contribution in [2.45, 2.75) is 6.04 Å². The van der Waals surface area contributed by atoms with Crippen LogP contribution >= 0.6 is 34.8 Å². The maximum atomic E-state index is 13.1. The summed E-state index contributed by atoms with van der Waals surface area (Å²) in [5.74, 6) is 0.0302. The molecule has 0 aliphatic heterocycles. The van der Waals surface area contributed by atoms with Crippen molar-refractivity contribution in [1.82, 2.24) is 0 Å². The largest absolute Gasteiger partial charge is 0.495 e. The van der Waals surface area contributed by atoms with Crippen molar-refractivity contribution in [1.29, 1.82) is 0 Å². The molecule has 0 bridgehead atoms. The molecule has 0 saturated heterocycles. The van der Waals surface area contributed by atoms with E-state index in [1.165, 1.54) is 25.3 Å². The van der Waals surface area contributed by atoms with E-state index in [1.54, 1.807) is 12.1 Å². The van der Waals surface area contributed by atoms with E-state index in [9.17, 15) is 4.39 Å². The molecule has 0 heterocycles. The van der Waals surface area contributed by atoms with Crippen LogP contribution in [0.3, 0.4) is 0 Å². The lowest BCUT2D eigenvalue weighted by molar-refractivity contribution is 0.415. The van der Waals surface area contributed by atoms with E-state index in [0.29, 0.717) is 26.9 Å². The number of hydrogen-bond donors (Lipinski definition) is 1. The molecule has 0 spiro atoms. The lowest BCUT2D eigenvalue weighted by Crippen LogP contribution is -2.13. The predicted octanol–water partition coefficient (Wildman–Crippen LogP) is 4.84. The molecule has 6 heteroatoms. The third-order valence-electron chi connectivity index (χ3n) is 2.90. The van der Waals surface area contributed by atoms with Crippen LogP contribution in [0.15, 0.2) is 30.3 Å². The number of nitrogens with two attached hydrogens (primary N) is 1. The average molecular weight is 335 g/mol. The van der Waals surface area contributed by atoms with Crippen LogP contribution in [-0.4, -0.2) is 7.11 Å². The summed E-state index contributed by atoms with van der Waals surface area (Å²) in [7, 11) is 1.49. The quantitative estimate of drug-likeness (QED) is 0.871. The number of rotatable bonds is 3. The number of hydrogen-bond acceptors (Lipinski definition) is 2. The molecule has 106 valence electrons. The average Bonchev–Trinajstić information content (AvgIpc) is 2.40. The Bertz CT molecular complexity index is 649. The van der Waals surface area contributed by atoms with Crippen LogP contribution in [-0.2, 0) is 0 Å². The minimum atomic E-state index is -0.612. The van der Waals surface area contributed by atoms with Crippen molar-refractivity contribution < 1.29 is 9.13 Å². The zero-order chi connectivity index (χ0) is 14.9. The van der Waals surface area contributed by atoms with Gasteiger partial charge in [0.05, 0.1) is 18.2 Å². The van der Waals surface area contributed by atoms with Gasteiger partial charge in [-0.15, -0.1) is 0 Å². The second kappa shape index (κ2) is 6.19. The zero-order valence-electron chi connectivity index (χ0n) is 10.5. The van der Waals surface area contributed by atoms with Gasteiger partial charge in [-0.3, -0.25) is 0 Å². The van der Waals surface area contributed by atoms with E-state index in [-0.39, 0.29) is 5.02 Å². The Morgan fingerprint density at radius 2 is 1.65 bits per heavy atom. The highest BCUT2D eigenvalue weighted by Gasteiger charge is 2.18. The van der Waals surface area contributed by atoms with E-state index >= 15 is 0 Å². The summed E-state index contributed by atoms with van der Waals surface area (Å²) in [6.45, 7) is 0. The molecule has 2 rings (SSSR count). The van der Waals surface area contributed by atoms with Crippen LogP contribution in [0.1, 0.15) is 17.2 Å². The van der Waals surface area contributed by atoms with Crippen molar-refractivity contribution in [3.63, 3.8) is 0 Å². The van der Waals surface area contributed by atoms with Crippen molar-refractivity contribution >= 4 is 34.8 Å². The summed E-state index contributed by atoms with van der Waals surface area (Å²) in [6, 6.07) is 6.61. The Morgan fingerprint density at radius 1 is 1.00 bits per heavy atom. The summed E-state index contributed by atoms with van der Waals surface area (Å²) < 4.78 is 18.1. The van der Waals surface area contributed by atoms with Gasteiger partial charge in [-0.1, -0.05) is 40.9 Å². The molecule has 1 unspecified atom stereocenters. The van der Waals surface area contributed by atoms with Crippen molar-refractivity contribution in [3.05, 3.63) is 62.3 Å². The van der Waals surface area contributed by atoms with Crippen LogP contribution in [0, 0.1) is 5.82 Å². The van der Waals surface area contributed by atoms with Gasteiger partial charge in [-0.05, 0) is 29.3 Å². The minimum Gasteiger partial charge on any atom is -0.495 e. The van der Waals surface area contributed by atoms with Crippen LogP contribution in [0.2, 0.25) is 15.1 Å². The molecule has 2 aromatic rings. The first-order valence-corrected chi connectivity index (χ1v) is 6.81. The van der Waals surface area contributed by atoms with Gasteiger partial charge in [0.25, 0.3) is 0 Å². The molecule has 0 aliphatic carbocycles. The summed E-state index contributed by atoms with van der Waals surface area (Å²) in [5, 5.41) is 1.03. The first-order valence-electron chi connectivity index (χ1n) is 5.67. The van der Waals surface area contributed by atoms with Crippen molar-refractivity contribution in [2.24, 2.45) is 5.73 Å². The Morgan fingerprint density at radius 3 is 2.25 bits per heavy atom. The van der Waals surface area contributed by atoms with Gasteiger partial charge in [-0.25, -0.2) is 4.39 Å². The fourth-order valence-corrected chi connectivity index (χ4v) is 2.67.